The number of fused-ring (bicyclic) bond motifs is 1. The van der Waals surface area contributed by atoms with Crippen molar-refractivity contribution in [2.75, 3.05) is 11.4 Å². The highest BCUT2D eigenvalue weighted by molar-refractivity contribution is 5.92. The van der Waals surface area contributed by atoms with Gasteiger partial charge in [0.1, 0.15) is 5.60 Å². The Morgan fingerprint density at radius 2 is 2.05 bits per heavy atom. The predicted molar refractivity (Wildman–Crippen MR) is 75.1 cm³/mol. The second-order valence-corrected chi connectivity index (χ2v) is 5.87. The van der Waals surface area contributed by atoms with Crippen molar-refractivity contribution in [3.05, 3.63) is 33.4 Å². The molecule has 0 unspecified atom stereocenters. The molecule has 108 valence electrons. The quantitative estimate of drug-likeness (QED) is 0.584. The molecule has 0 saturated heterocycles. The van der Waals surface area contributed by atoms with Crippen LogP contribution >= 0.6 is 0 Å². The predicted octanol–water partition coefficient (Wildman–Crippen LogP) is 3.20. The normalized spacial score (nSPS) is 14.1. The SMILES string of the molecule is Cc1ccc([N+](=O)[O-])c2c1N(C(=O)OC(C)(C)C)CC2. The molecule has 1 aromatic rings. The van der Waals surface area contributed by atoms with E-state index in [2.05, 4.69) is 0 Å². The Morgan fingerprint density at radius 3 is 2.60 bits per heavy atom. The molecule has 1 aliphatic heterocycles. The molecule has 1 aromatic carbocycles. The summed E-state index contributed by atoms with van der Waals surface area (Å²) < 4.78 is 5.35. The first-order chi connectivity index (χ1) is 9.20. The van der Waals surface area contributed by atoms with E-state index < -0.39 is 16.6 Å². The number of nitrogens with zero attached hydrogens (tertiary/aromatic N) is 2. The lowest BCUT2D eigenvalue weighted by Crippen LogP contribution is -2.36. The Labute approximate surface area is 117 Å². The molecule has 1 amide bonds. The molecule has 0 fully saturated rings. The number of nitro benzene ring substituents is 1. The minimum Gasteiger partial charge on any atom is -0.443 e. The van der Waals surface area contributed by atoms with Gasteiger partial charge in [0, 0.05) is 12.6 Å². The molecule has 6 nitrogen and oxygen atoms in total. The van der Waals surface area contributed by atoms with E-state index in [1.165, 1.54) is 11.0 Å². The molecular formula is C14H18N2O4. The van der Waals surface area contributed by atoms with Crippen LogP contribution in [0, 0.1) is 17.0 Å². The van der Waals surface area contributed by atoms with Gasteiger partial charge in [-0.15, -0.1) is 0 Å². The van der Waals surface area contributed by atoms with Crippen LogP contribution in [0.3, 0.4) is 0 Å². The monoisotopic (exact) mass is 278 g/mol. The first-order valence-corrected chi connectivity index (χ1v) is 6.48. The van der Waals surface area contributed by atoms with Crippen molar-refractivity contribution in [3.63, 3.8) is 0 Å². The Morgan fingerprint density at radius 1 is 1.40 bits per heavy atom. The number of carbonyl (C=O) groups excluding carboxylic acids is 1. The number of nitro groups is 1. The van der Waals surface area contributed by atoms with E-state index in [4.69, 9.17) is 4.74 Å². The van der Waals surface area contributed by atoms with Gasteiger partial charge in [0.2, 0.25) is 0 Å². The highest BCUT2D eigenvalue weighted by Gasteiger charge is 2.34. The minimum atomic E-state index is -0.589. The molecule has 1 heterocycles. The van der Waals surface area contributed by atoms with Gasteiger partial charge in [-0.1, -0.05) is 6.07 Å². The zero-order chi connectivity index (χ0) is 15.1. The number of hydrogen-bond donors (Lipinski definition) is 0. The van der Waals surface area contributed by atoms with Gasteiger partial charge in [-0.3, -0.25) is 15.0 Å². The van der Waals surface area contributed by atoms with Crippen LogP contribution in [0.25, 0.3) is 0 Å². The van der Waals surface area contributed by atoms with Gasteiger partial charge in [0.15, 0.2) is 0 Å². The fourth-order valence-electron chi connectivity index (χ4n) is 2.37. The molecule has 0 spiro atoms. The average Bonchev–Trinajstić information content (AvgIpc) is 2.71. The summed E-state index contributed by atoms with van der Waals surface area (Å²) >= 11 is 0. The van der Waals surface area contributed by atoms with E-state index >= 15 is 0 Å². The van der Waals surface area contributed by atoms with Gasteiger partial charge in [0.05, 0.1) is 16.2 Å². The number of hydrogen-bond acceptors (Lipinski definition) is 4. The molecule has 0 aromatic heterocycles. The van der Waals surface area contributed by atoms with Gasteiger partial charge >= 0.3 is 6.09 Å². The second-order valence-electron chi connectivity index (χ2n) is 5.87. The number of carbonyl (C=O) groups is 1. The lowest BCUT2D eigenvalue weighted by molar-refractivity contribution is -0.385. The van der Waals surface area contributed by atoms with E-state index in [1.54, 1.807) is 26.8 Å². The highest BCUT2D eigenvalue weighted by atomic mass is 16.6. The first kappa shape index (κ1) is 14.3. The molecule has 1 aliphatic rings. The van der Waals surface area contributed by atoms with Crippen molar-refractivity contribution in [2.24, 2.45) is 0 Å². The highest BCUT2D eigenvalue weighted by Crippen LogP contribution is 2.38. The van der Waals surface area contributed by atoms with Crippen LogP contribution in [0.15, 0.2) is 12.1 Å². The van der Waals surface area contributed by atoms with Crippen LogP contribution in [-0.4, -0.2) is 23.2 Å². The van der Waals surface area contributed by atoms with Crippen LogP contribution in [0.5, 0.6) is 0 Å². The zero-order valence-corrected chi connectivity index (χ0v) is 12.1. The van der Waals surface area contributed by atoms with Crippen LogP contribution in [-0.2, 0) is 11.2 Å². The molecule has 0 atom stereocenters. The Hall–Kier alpha value is -2.11. The van der Waals surface area contributed by atoms with Crippen LogP contribution < -0.4 is 4.90 Å². The number of amides is 1. The van der Waals surface area contributed by atoms with Gasteiger partial charge in [0.25, 0.3) is 5.69 Å². The molecule has 0 radical (unpaired) electrons. The third-order valence-corrected chi connectivity index (χ3v) is 3.13. The summed E-state index contributed by atoms with van der Waals surface area (Å²) in [5.41, 5.74) is 1.55. The van der Waals surface area contributed by atoms with Crippen molar-refractivity contribution in [1.29, 1.82) is 0 Å². The molecule has 0 bridgehead atoms. The fraction of sp³-hybridized carbons (Fsp3) is 0.500. The minimum absolute atomic E-state index is 0.0664. The van der Waals surface area contributed by atoms with E-state index in [9.17, 15) is 14.9 Å². The summed E-state index contributed by atoms with van der Waals surface area (Å²) in [5, 5.41) is 11.0. The number of anilines is 1. The molecule has 20 heavy (non-hydrogen) atoms. The van der Waals surface area contributed by atoms with Crippen LogP contribution in [0.4, 0.5) is 16.2 Å². The number of aryl methyl sites for hydroxylation is 1. The Bertz CT molecular complexity index is 575. The molecule has 0 aliphatic carbocycles. The summed E-state index contributed by atoms with van der Waals surface area (Å²) in [6.07, 6.45) is 0.0203. The zero-order valence-electron chi connectivity index (χ0n) is 12.1. The summed E-state index contributed by atoms with van der Waals surface area (Å²) in [6.45, 7) is 7.63. The number of ether oxygens (including phenoxy) is 1. The Balaban J connectivity index is 2.40. The maximum atomic E-state index is 12.2. The molecule has 6 heteroatoms. The van der Waals surface area contributed by atoms with Crippen LogP contribution in [0.1, 0.15) is 31.9 Å². The average molecular weight is 278 g/mol. The molecular weight excluding hydrogens is 260 g/mol. The molecule has 0 saturated carbocycles. The molecule has 0 N–H and O–H groups in total. The second kappa shape index (κ2) is 4.77. The number of rotatable bonds is 1. The number of benzene rings is 1. The maximum absolute atomic E-state index is 12.2. The van der Waals surface area contributed by atoms with E-state index in [1.807, 2.05) is 6.92 Å². The van der Waals surface area contributed by atoms with Crippen molar-refractivity contribution < 1.29 is 14.5 Å². The first-order valence-electron chi connectivity index (χ1n) is 6.48. The van der Waals surface area contributed by atoms with Gasteiger partial charge in [-0.2, -0.15) is 0 Å². The van der Waals surface area contributed by atoms with Crippen molar-refractivity contribution in [2.45, 2.75) is 39.7 Å². The van der Waals surface area contributed by atoms with Crippen LogP contribution in [0.2, 0.25) is 0 Å². The van der Waals surface area contributed by atoms with Crippen molar-refractivity contribution >= 4 is 17.5 Å². The largest absolute Gasteiger partial charge is 0.443 e. The summed E-state index contributed by atoms with van der Waals surface area (Å²) in [4.78, 5) is 24.3. The third kappa shape index (κ3) is 2.59. The van der Waals surface area contributed by atoms with E-state index in [0.717, 1.165) is 5.56 Å². The topological polar surface area (TPSA) is 72.7 Å². The summed E-state index contributed by atoms with van der Waals surface area (Å²) in [7, 11) is 0. The van der Waals surface area contributed by atoms with Gasteiger partial charge in [-0.05, 0) is 39.7 Å². The van der Waals surface area contributed by atoms with E-state index in [-0.39, 0.29) is 5.69 Å². The lowest BCUT2D eigenvalue weighted by atomic mass is 10.1. The van der Waals surface area contributed by atoms with Gasteiger partial charge in [-0.25, -0.2) is 4.79 Å². The van der Waals surface area contributed by atoms with Gasteiger partial charge < -0.3 is 4.74 Å². The van der Waals surface area contributed by atoms with Crippen molar-refractivity contribution in [1.82, 2.24) is 0 Å². The lowest BCUT2D eigenvalue weighted by Gasteiger charge is -2.25. The Kier molecular flexibility index (Phi) is 3.41. The molecule has 2 rings (SSSR count). The fourth-order valence-corrected chi connectivity index (χ4v) is 2.37. The smallest absolute Gasteiger partial charge is 0.414 e. The maximum Gasteiger partial charge on any atom is 0.414 e. The third-order valence-electron chi connectivity index (χ3n) is 3.13. The van der Waals surface area contributed by atoms with E-state index in [0.29, 0.717) is 24.2 Å². The summed E-state index contributed by atoms with van der Waals surface area (Å²) in [5.74, 6) is 0. The van der Waals surface area contributed by atoms with Crippen molar-refractivity contribution in [3.8, 4) is 0 Å². The standard InChI is InChI=1S/C14H18N2O4/c1-9-5-6-11(16(18)19)10-7-8-15(12(9)10)13(17)20-14(2,3)4/h5-6H,7-8H2,1-4H3. The summed E-state index contributed by atoms with van der Waals surface area (Å²) in [6, 6.07) is 3.16.